The highest BCUT2D eigenvalue weighted by Crippen LogP contribution is 2.23. The zero-order chi connectivity index (χ0) is 16.4. The van der Waals surface area contributed by atoms with E-state index in [4.69, 9.17) is 0 Å². The Morgan fingerprint density at radius 1 is 1.35 bits per heavy atom. The van der Waals surface area contributed by atoms with Crippen molar-refractivity contribution in [2.75, 3.05) is 20.1 Å². The minimum absolute atomic E-state index is 0.125. The van der Waals surface area contributed by atoms with Crippen molar-refractivity contribution in [1.29, 1.82) is 0 Å². The van der Waals surface area contributed by atoms with Gasteiger partial charge < -0.3 is 15.3 Å². The molecule has 2 aromatic rings. The second kappa shape index (κ2) is 6.34. The Labute approximate surface area is 134 Å². The number of hydrogen-bond donors (Lipinski definition) is 2. The average molecular weight is 313 g/mol. The molecule has 0 radical (unpaired) electrons. The van der Waals surface area contributed by atoms with E-state index in [1.54, 1.807) is 24.2 Å². The van der Waals surface area contributed by atoms with Crippen LogP contribution in [-0.4, -0.2) is 53.0 Å². The lowest BCUT2D eigenvalue weighted by Crippen LogP contribution is -2.29. The largest absolute Gasteiger partial charge is 0.391 e. The summed E-state index contributed by atoms with van der Waals surface area (Å²) in [6, 6.07) is 9.11. The molecule has 2 N–H and O–H groups in total. The molecule has 0 unspecified atom stereocenters. The monoisotopic (exact) mass is 313 g/mol. The summed E-state index contributed by atoms with van der Waals surface area (Å²) in [5.74, 6) is -0.477. The molecule has 0 saturated carbocycles. The summed E-state index contributed by atoms with van der Waals surface area (Å²) in [6.07, 6.45) is 1.27. The number of β-amino-alcohol motifs (C(OH)–C–C–N with tert-alkyl or cyclic N) is 1. The summed E-state index contributed by atoms with van der Waals surface area (Å²) >= 11 is 0. The van der Waals surface area contributed by atoms with E-state index >= 15 is 0 Å². The van der Waals surface area contributed by atoms with Crippen LogP contribution in [0.5, 0.6) is 0 Å². The first-order valence-electron chi connectivity index (χ1n) is 7.61. The molecule has 2 amide bonds. The fraction of sp³-hybridized carbons (Fsp3) is 0.353. The van der Waals surface area contributed by atoms with Crippen LogP contribution in [0.1, 0.15) is 16.8 Å². The summed E-state index contributed by atoms with van der Waals surface area (Å²) in [6.45, 7) is 0.643. The number of aliphatic hydroxyl groups is 1. The average Bonchev–Trinajstić information content (AvgIpc) is 2.94. The van der Waals surface area contributed by atoms with E-state index in [1.165, 1.54) is 0 Å². The van der Waals surface area contributed by atoms with Gasteiger partial charge >= 0.3 is 0 Å². The summed E-state index contributed by atoms with van der Waals surface area (Å²) in [5, 5.41) is 13.5. The van der Waals surface area contributed by atoms with Crippen molar-refractivity contribution in [2.24, 2.45) is 5.92 Å². The highest BCUT2D eigenvalue weighted by atomic mass is 16.3. The number of benzene rings is 1. The van der Waals surface area contributed by atoms with Crippen LogP contribution >= 0.6 is 0 Å². The fourth-order valence-electron chi connectivity index (χ4n) is 2.95. The third-order valence-electron chi connectivity index (χ3n) is 4.27. The molecule has 0 spiro atoms. The van der Waals surface area contributed by atoms with Gasteiger partial charge in [0.15, 0.2) is 0 Å². The first-order valence-corrected chi connectivity index (χ1v) is 7.61. The van der Waals surface area contributed by atoms with E-state index in [9.17, 15) is 14.7 Å². The van der Waals surface area contributed by atoms with Crippen LogP contribution in [0.25, 0.3) is 10.9 Å². The third-order valence-corrected chi connectivity index (χ3v) is 4.27. The van der Waals surface area contributed by atoms with Gasteiger partial charge in [0.2, 0.25) is 5.91 Å². The maximum atomic E-state index is 12.6. The summed E-state index contributed by atoms with van der Waals surface area (Å²) in [7, 11) is 1.57. The van der Waals surface area contributed by atoms with Gasteiger partial charge in [0, 0.05) is 49.6 Å². The second-order valence-electron chi connectivity index (χ2n) is 5.83. The van der Waals surface area contributed by atoms with Gasteiger partial charge in [-0.05, 0) is 24.3 Å². The summed E-state index contributed by atoms with van der Waals surface area (Å²) in [4.78, 5) is 29.9. The van der Waals surface area contributed by atoms with Crippen molar-refractivity contribution in [3.05, 3.63) is 42.1 Å². The number of likely N-dealkylation sites (tertiary alicyclic amines) is 1. The summed E-state index contributed by atoms with van der Waals surface area (Å²) < 4.78 is 0. The van der Waals surface area contributed by atoms with Crippen molar-refractivity contribution in [2.45, 2.75) is 12.5 Å². The van der Waals surface area contributed by atoms with Crippen molar-refractivity contribution >= 4 is 22.7 Å². The van der Waals surface area contributed by atoms with Crippen LogP contribution in [0, 0.1) is 5.92 Å². The van der Waals surface area contributed by atoms with Crippen LogP contribution < -0.4 is 5.32 Å². The summed E-state index contributed by atoms with van der Waals surface area (Å²) in [5.41, 5.74) is 1.40. The molecule has 1 aliphatic heterocycles. The van der Waals surface area contributed by atoms with Crippen LogP contribution in [0.4, 0.5) is 0 Å². The zero-order valence-electron chi connectivity index (χ0n) is 12.9. The molecule has 1 aromatic carbocycles. The number of aromatic nitrogens is 1. The predicted octanol–water partition coefficient (Wildman–Crippen LogP) is 0.804. The van der Waals surface area contributed by atoms with Crippen LogP contribution in [0.3, 0.4) is 0 Å². The Balaban J connectivity index is 1.76. The van der Waals surface area contributed by atoms with Crippen molar-refractivity contribution in [1.82, 2.24) is 15.2 Å². The first-order chi connectivity index (χ1) is 11.1. The highest BCUT2D eigenvalue weighted by Gasteiger charge is 2.35. The molecule has 1 aromatic heterocycles. The molecule has 2 heterocycles. The molecule has 6 heteroatoms. The molecule has 0 aliphatic carbocycles. The van der Waals surface area contributed by atoms with E-state index < -0.39 is 6.10 Å². The lowest BCUT2D eigenvalue weighted by molar-refractivity contribution is -0.122. The maximum absolute atomic E-state index is 12.6. The van der Waals surface area contributed by atoms with Gasteiger partial charge in [-0.15, -0.1) is 0 Å². The molecular weight excluding hydrogens is 294 g/mol. The van der Waals surface area contributed by atoms with Crippen molar-refractivity contribution < 1.29 is 14.7 Å². The predicted molar refractivity (Wildman–Crippen MR) is 85.8 cm³/mol. The number of amides is 2. The highest BCUT2D eigenvalue weighted by molar-refractivity contribution is 5.98. The molecule has 23 heavy (non-hydrogen) atoms. The van der Waals surface area contributed by atoms with Gasteiger partial charge in [-0.25, -0.2) is 0 Å². The van der Waals surface area contributed by atoms with Crippen LogP contribution in [0.2, 0.25) is 0 Å². The van der Waals surface area contributed by atoms with Crippen LogP contribution in [0.15, 0.2) is 36.5 Å². The SMILES string of the molecule is CNC(=O)C[C@H]1CN(C(=O)c2ccc3ncccc3c2)C[C@@H]1O. The zero-order valence-corrected chi connectivity index (χ0v) is 12.9. The fourth-order valence-corrected chi connectivity index (χ4v) is 2.95. The lowest BCUT2D eigenvalue weighted by atomic mass is 10.0. The number of carbonyl (C=O) groups excluding carboxylic acids is 2. The number of carbonyl (C=O) groups is 2. The number of rotatable bonds is 3. The number of aliphatic hydroxyl groups excluding tert-OH is 1. The quantitative estimate of drug-likeness (QED) is 0.878. The second-order valence-corrected chi connectivity index (χ2v) is 5.83. The molecule has 2 atom stereocenters. The topological polar surface area (TPSA) is 82.5 Å². The Bertz CT molecular complexity index is 747. The van der Waals surface area contributed by atoms with Gasteiger partial charge in [-0.1, -0.05) is 6.07 Å². The van der Waals surface area contributed by atoms with Gasteiger partial charge in [0.1, 0.15) is 0 Å². The minimum atomic E-state index is -0.668. The van der Waals surface area contributed by atoms with Crippen molar-refractivity contribution in [3.8, 4) is 0 Å². The van der Waals surface area contributed by atoms with Crippen LogP contribution in [-0.2, 0) is 4.79 Å². The standard InChI is InChI=1S/C17H19N3O3/c1-18-16(22)8-13-9-20(10-15(13)21)17(23)12-4-5-14-11(7-12)3-2-6-19-14/h2-7,13,15,21H,8-10H2,1H3,(H,18,22)/t13-,15-/m0/s1. The molecule has 120 valence electrons. The molecule has 3 rings (SSSR count). The van der Waals surface area contributed by atoms with E-state index in [1.807, 2.05) is 24.3 Å². The van der Waals surface area contributed by atoms with Crippen molar-refractivity contribution in [3.63, 3.8) is 0 Å². The number of nitrogens with zero attached hydrogens (tertiary/aromatic N) is 2. The molecule has 1 aliphatic rings. The van der Waals surface area contributed by atoms with Gasteiger partial charge in [-0.2, -0.15) is 0 Å². The van der Waals surface area contributed by atoms with Gasteiger partial charge in [0.05, 0.1) is 11.6 Å². The molecule has 1 saturated heterocycles. The lowest BCUT2D eigenvalue weighted by Gasteiger charge is -2.16. The van der Waals surface area contributed by atoms with E-state index in [2.05, 4.69) is 10.3 Å². The van der Waals surface area contributed by atoms with E-state index in [0.29, 0.717) is 12.1 Å². The third kappa shape index (κ3) is 3.17. The molecule has 0 bridgehead atoms. The smallest absolute Gasteiger partial charge is 0.253 e. The maximum Gasteiger partial charge on any atom is 0.253 e. The van der Waals surface area contributed by atoms with Gasteiger partial charge in [0.25, 0.3) is 5.91 Å². The number of hydrogen-bond acceptors (Lipinski definition) is 4. The molecule has 1 fully saturated rings. The normalized spacial score (nSPS) is 20.7. The number of pyridine rings is 1. The van der Waals surface area contributed by atoms with E-state index in [-0.39, 0.29) is 30.7 Å². The first kappa shape index (κ1) is 15.4. The van der Waals surface area contributed by atoms with Gasteiger partial charge in [-0.3, -0.25) is 14.6 Å². The van der Waals surface area contributed by atoms with E-state index in [0.717, 1.165) is 10.9 Å². The Kier molecular flexibility index (Phi) is 4.25. The molecular formula is C17H19N3O3. The number of nitrogens with one attached hydrogen (secondary N) is 1. The minimum Gasteiger partial charge on any atom is -0.391 e. The molecule has 6 nitrogen and oxygen atoms in total. The Morgan fingerprint density at radius 2 is 2.17 bits per heavy atom. The Hall–Kier alpha value is -2.47. The Morgan fingerprint density at radius 3 is 2.96 bits per heavy atom. The number of fused-ring (bicyclic) bond motifs is 1.